The number of aromatic hydroxyl groups is 1. The first-order chi connectivity index (χ1) is 14.0. The van der Waals surface area contributed by atoms with Crippen molar-refractivity contribution in [2.24, 2.45) is 4.99 Å². The van der Waals surface area contributed by atoms with Crippen molar-refractivity contribution >= 4 is 40.5 Å². The van der Waals surface area contributed by atoms with Gasteiger partial charge in [0.1, 0.15) is 6.54 Å². The van der Waals surface area contributed by atoms with Crippen molar-refractivity contribution < 1.29 is 14.7 Å². The Kier molecular flexibility index (Phi) is 6.34. The van der Waals surface area contributed by atoms with Crippen LogP contribution < -0.4 is 0 Å². The predicted molar refractivity (Wildman–Crippen MR) is 115 cm³/mol. The van der Waals surface area contributed by atoms with Gasteiger partial charge in [0.2, 0.25) is 11.8 Å². The number of aromatic nitrogens is 1. The molecule has 1 aromatic heterocycles. The number of halogens is 1. The number of hydrogen-bond acceptors (Lipinski definition) is 3. The first-order valence-corrected chi connectivity index (χ1v) is 9.76. The highest BCUT2D eigenvalue weighted by Gasteiger charge is 2.19. The number of rotatable bonds is 6. The lowest BCUT2D eigenvalue weighted by Gasteiger charge is -2.19. The molecule has 1 N–H and O–H groups in total. The second kappa shape index (κ2) is 8.92. The number of benzene rings is 2. The van der Waals surface area contributed by atoms with Gasteiger partial charge in [-0.1, -0.05) is 41.9 Å². The second-order valence-electron chi connectivity index (χ2n) is 6.45. The van der Waals surface area contributed by atoms with Crippen molar-refractivity contribution in [1.29, 1.82) is 0 Å². The number of carbonyl (C=O) groups excluding carboxylic acids is 2. The molecule has 2 amide bonds. The maximum Gasteiger partial charge on any atom is 0.278 e. The Morgan fingerprint density at radius 3 is 2.45 bits per heavy atom. The first kappa shape index (κ1) is 20.6. The van der Waals surface area contributed by atoms with E-state index < -0.39 is 5.91 Å². The van der Waals surface area contributed by atoms with E-state index in [1.54, 1.807) is 29.2 Å². The summed E-state index contributed by atoms with van der Waals surface area (Å²) >= 11 is 6.06. The number of para-hydroxylation sites is 1. The van der Waals surface area contributed by atoms with Crippen LogP contribution in [0.15, 0.2) is 53.5 Å². The van der Waals surface area contributed by atoms with Crippen LogP contribution in [0.5, 0.6) is 5.88 Å². The number of fused-ring (bicyclic) bond motifs is 1. The predicted octanol–water partition coefficient (Wildman–Crippen LogP) is 4.13. The highest BCUT2D eigenvalue weighted by atomic mass is 35.5. The molecule has 1 heterocycles. The number of aliphatic imine (C=N–C) groups is 1. The highest BCUT2D eigenvalue weighted by molar-refractivity contribution is 6.34. The van der Waals surface area contributed by atoms with Crippen LogP contribution in [0.1, 0.15) is 29.8 Å². The Morgan fingerprint density at radius 1 is 1.10 bits per heavy atom. The molecule has 6 nitrogen and oxygen atoms in total. The summed E-state index contributed by atoms with van der Waals surface area (Å²) in [5.74, 6) is -0.713. The van der Waals surface area contributed by atoms with Crippen molar-refractivity contribution in [3.8, 4) is 5.88 Å². The third kappa shape index (κ3) is 4.17. The molecule has 0 aliphatic carbocycles. The third-order valence-corrected chi connectivity index (χ3v) is 5.14. The summed E-state index contributed by atoms with van der Waals surface area (Å²) in [6.07, 6.45) is 1.32. The van der Waals surface area contributed by atoms with E-state index in [0.29, 0.717) is 34.6 Å². The van der Waals surface area contributed by atoms with Gasteiger partial charge in [-0.3, -0.25) is 9.59 Å². The van der Waals surface area contributed by atoms with Crippen LogP contribution >= 0.6 is 11.6 Å². The SMILES string of the molecule is CCN(CC)C(=O)Cn1c(O)c(C=NC(=O)c2ccccc2Cl)c2ccccc21. The van der Waals surface area contributed by atoms with E-state index in [-0.39, 0.29) is 23.9 Å². The maximum atomic E-state index is 12.6. The molecule has 3 rings (SSSR count). The van der Waals surface area contributed by atoms with Crippen LogP contribution in [0.25, 0.3) is 10.9 Å². The summed E-state index contributed by atoms with van der Waals surface area (Å²) in [5, 5.41) is 11.8. The molecule has 0 bridgehead atoms. The van der Waals surface area contributed by atoms with Crippen molar-refractivity contribution in [2.45, 2.75) is 20.4 Å². The Bertz CT molecular complexity index is 1080. The van der Waals surface area contributed by atoms with Crippen LogP contribution in [0.2, 0.25) is 5.02 Å². The quantitative estimate of drug-likeness (QED) is 0.620. The molecule has 0 atom stereocenters. The van der Waals surface area contributed by atoms with Gasteiger partial charge >= 0.3 is 0 Å². The molecule has 0 aliphatic heterocycles. The third-order valence-electron chi connectivity index (χ3n) is 4.81. The Balaban J connectivity index is 1.99. The molecule has 0 spiro atoms. The van der Waals surface area contributed by atoms with Gasteiger partial charge in [-0.15, -0.1) is 0 Å². The summed E-state index contributed by atoms with van der Waals surface area (Å²) in [6.45, 7) is 5.01. The van der Waals surface area contributed by atoms with Gasteiger partial charge in [0, 0.05) is 24.7 Å². The molecular formula is C22H22ClN3O3. The molecule has 0 fully saturated rings. The molecule has 0 saturated carbocycles. The smallest absolute Gasteiger partial charge is 0.278 e. The average molecular weight is 412 g/mol. The van der Waals surface area contributed by atoms with Crippen molar-refractivity contribution in [3.05, 3.63) is 64.7 Å². The standard InChI is InChI=1S/C22H22ClN3O3/c1-3-25(4-2)20(27)14-26-19-12-8-6-9-15(19)17(22(26)29)13-24-21(28)16-10-5-7-11-18(16)23/h5-13,29H,3-4,14H2,1-2H3. The van der Waals surface area contributed by atoms with Crippen LogP contribution in [0.3, 0.4) is 0 Å². The molecule has 3 aromatic rings. The molecule has 0 radical (unpaired) electrons. The van der Waals surface area contributed by atoms with E-state index in [2.05, 4.69) is 4.99 Å². The average Bonchev–Trinajstić information content (AvgIpc) is 2.99. The summed E-state index contributed by atoms with van der Waals surface area (Å²) in [7, 11) is 0. The molecule has 0 saturated heterocycles. The van der Waals surface area contributed by atoms with Gasteiger partial charge in [-0.2, -0.15) is 0 Å². The van der Waals surface area contributed by atoms with Gasteiger partial charge in [-0.05, 0) is 32.0 Å². The molecule has 7 heteroatoms. The van der Waals surface area contributed by atoms with Crippen molar-refractivity contribution in [1.82, 2.24) is 9.47 Å². The van der Waals surface area contributed by atoms with E-state index in [1.165, 1.54) is 10.8 Å². The van der Waals surface area contributed by atoms with Crippen LogP contribution in [0.4, 0.5) is 0 Å². The monoisotopic (exact) mass is 411 g/mol. The van der Waals surface area contributed by atoms with Crippen molar-refractivity contribution in [2.75, 3.05) is 13.1 Å². The number of amides is 2. The van der Waals surface area contributed by atoms with Gasteiger partial charge < -0.3 is 14.6 Å². The Labute approximate surface area is 174 Å². The Hall–Kier alpha value is -3.12. The molecule has 29 heavy (non-hydrogen) atoms. The Morgan fingerprint density at radius 2 is 1.76 bits per heavy atom. The summed E-state index contributed by atoms with van der Waals surface area (Å²) in [4.78, 5) is 30.6. The number of likely N-dealkylation sites (N-methyl/N-ethyl adjacent to an activating group) is 1. The minimum atomic E-state index is -0.508. The van der Waals surface area contributed by atoms with E-state index >= 15 is 0 Å². The van der Waals surface area contributed by atoms with Crippen LogP contribution in [-0.4, -0.2) is 45.7 Å². The van der Waals surface area contributed by atoms with E-state index in [0.717, 1.165) is 0 Å². The lowest BCUT2D eigenvalue weighted by Crippen LogP contribution is -2.33. The molecule has 0 unspecified atom stereocenters. The summed E-state index contributed by atoms with van der Waals surface area (Å²) in [5.41, 5.74) is 1.36. The fourth-order valence-electron chi connectivity index (χ4n) is 3.24. The zero-order chi connectivity index (χ0) is 21.0. The van der Waals surface area contributed by atoms with E-state index in [1.807, 2.05) is 38.1 Å². The van der Waals surface area contributed by atoms with Gasteiger partial charge in [0.05, 0.1) is 21.7 Å². The largest absolute Gasteiger partial charge is 0.494 e. The minimum absolute atomic E-state index is 0.000324. The lowest BCUT2D eigenvalue weighted by atomic mass is 10.2. The van der Waals surface area contributed by atoms with Crippen molar-refractivity contribution in [3.63, 3.8) is 0 Å². The molecule has 0 aliphatic rings. The normalized spacial score (nSPS) is 11.3. The zero-order valence-corrected chi connectivity index (χ0v) is 17.1. The highest BCUT2D eigenvalue weighted by Crippen LogP contribution is 2.30. The van der Waals surface area contributed by atoms with E-state index in [9.17, 15) is 14.7 Å². The van der Waals surface area contributed by atoms with Crippen LogP contribution in [0, 0.1) is 0 Å². The van der Waals surface area contributed by atoms with Crippen LogP contribution in [-0.2, 0) is 11.3 Å². The fourth-order valence-corrected chi connectivity index (χ4v) is 3.46. The van der Waals surface area contributed by atoms with Gasteiger partial charge in [0.15, 0.2) is 0 Å². The lowest BCUT2D eigenvalue weighted by molar-refractivity contribution is -0.131. The van der Waals surface area contributed by atoms with Gasteiger partial charge in [0.25, 0.3) is 5.91 Å². The number of hydrogen-bond donors (Lipinski definition) is 1. The molecule has 150 valence electrons. The fraction of sp³-hybridized carbons (Fsp3) is 0.227. The number of nitrogens with zero attached hydrogens (tertiary/aromatic N) is 3. The second-order valence-corrected chi connectivity index (χ2v) is 6.86. The maximum absolute atomic E-state index is 12.6. The molecular weight excluding hydrogens is 390 g/mol. The summed E-state index contributed by atoms with van der Waals surface area (Å²) < 4.78 is 1.54. The van der Waals surface area contributed by atoms with Gasteiger partial charge in [-0.25, -0.2) is 4.99 Å². The first-order valence-electron chi connectivity index (χ1n) is 9.38. The minimum Gasteiger partial charge on any atom is -0.494 e. The number of carbonyl (C=O) groups is 2. The van der Waals surface area contributed by atoms with E-state index in [4.69, 9.17) is 11.6 Å². The molecule has 2 aromatic carbocycles. The zero-order valence-electron chi connectivity index (χ0n) is 16.3. The topological polar surface area (TPSA) is 74.9 Å². The summed E-state index contributed by atoms with van der Waals surface area (Å²) in [6, 6.07) is 13.9.